The van der Waals surface area contributed by atoms with Crippen molar-refractivity contribution in [1.82, 2.24) is 0 Å². The lowest BCUT2D eigenvalue weighted by molar-refractivity contribution is -0.145. The van der Waals surface area contributed by atoms with Gasteiger partial charge in [-0.05, 0) is 62.1 Å². The highest BCUT2D eigenvalue weighted by molar-refractivity contribution is 9.10. The average molecular weight is 324 g/mol. The van der Waals surface area contributed by atoms with E-state index < -0.39 is 0 Å². The van der Waals surface area contributed by atoms with Crippen LogP contribution in [0.15, 0.2) is 28.7 Å². The predicted octanol–water partition coefficient (Wildman–Crippen LogP) is 3.67. The molecule has 2 atom stereocenters. The lowest BCUT2D eigenvalue weighted by atomic mass is 9.70. The van der Waals surface area contributed by atoms with Crippen molar-refractivity contribution in [2.45, 2.75) is 50.2 Å². The zero-order chi connectivity index (χ0) is 13.3. The maximum atomic E-state index is 6.46. The highest BCUT2D eigenvalue weighted by Crippen LogP contribution is 2.45. The van der Waals surface area contributed by atoms with Gasteiger partial charge >= 0.3 is 0 Å². The summed E-state index contributed by atoms with van der Waals surface area (Å²) >= 11 is 3.53. The first kappa shape index (κ1) is 13.6. The second-order valence-electron chi connectivity index (χ2n) is 6.14. The fourth-order valence-corrected chi connectivity index (χ4v) is 3.90. The third-order valence-corrected chi connectivity index (χ3v) is 5.26. The van der Waals surface area contributed by atoms with E-state index in [1.165, 1.54) is 31.2 Å². The van der Waals surface area contributed by atoms with Gasteiger partial charge in [-0.2, -0.15) is 0 Å². The molecule has 1 heterocycles. The number of halogens is 1. The zero-order valence-electron chi connectivity index (χ0n) is 11.3. The van der Waals surface area contributed by atoms with Gasteiger partial charge in [0, 0.05) is 17.1 Å². The van der Waals surface area contributed by atoms with Gasteiger partial charge in [-0.3, -0.25) is 0 Å². The van der Waals surface area contributed by atoms with Gasteiger partial charge in [-0.25, -0.2) is 0 Å². The molecule has 1 aromatic carbocycles. The van der Waals surface area contributed by atoms with E-state index in [9.17, 15) is 0 Å². The quantitative estimate of drug-likeness (QED) is 0.921. The van der Waals surface area contributed by atoms with Crippen LogP contribution in [0.5, 0.6) is 0 Å². The van der Waals surface area contributed by atoms with Crippen molar-refractivity contribution >= 4 is 15.9 Å². The van der Waals surface area contributed by atoms with E-state index in [2.05, 4.69) is 40.2 Å². The van der Waals surface area contributed by atoms with Crippen LogP contribution >= 0.6 is 15.9 Å². The Hall–Kier alpha value is -0.380. The first-order valence-electron chi connectivity index (χ1n) is 7.31. The Kier molecular flexibility index (Phi) is 3.97. The summed E-state index contributed by atoms with van der Waals surface area (Å²) in [5.41, 5.74) is 8.00. The van der Waals surface area contributed by atoms with Gasteiger partial charge in [0.25, 0.3) is 0 Å². The molecule has 1 saturated carbocycles. The van der Waals surface area contributed by atoms with Gasteiger partial charge < -0.3 is 10.5 Å². The Morgan fingerprint density at radius 2 is 2.26 bits per heavy atom. The Labute approximate surface area is 123 Å². The van der Waals surface area contributed by atoms with E-state index >= 15 is 0 Å². The molecule has 0 radical (unpaired) electrons. The van der Waals surface area contributed by atoms with Crippen molar-refractivity contribution in [3.63, 3.8) is 0 Å². The average Bonchev–Trinajstić information content (AvgIpc) is 2.37. The van der Waals surface area contributed by atoms with Crippen molar-refractivity contribution in [1.29, 1.82) is 0 Å². The number of hydrogen-bond donors (Lipinski definition) is 1. The minimum atomic E-state index is 0.206. The van der Waals surface area contributed by atoms with Crippen LogP contribution in [-0.2, 0) is 11.2 Å². The molecule has 1 saturated heterocycles. The predicted molar refractivity (Wildman–Crippen MR) is 81.1 cm³/mol. The van der Waals surface area contributed by atoms with Crippen molar-refractivity contribution in [3.05, 3.63) is 34.3 Å². The highest BCUT2D eigenvalue weighted by Gasteiger charge is 2.43. The molecule has 0 bridgehead atoms. The van der Waals surface area contributed by atoms with Gasteiger partial charge in [-0.1, -0.05) is 28.1 Å². The molecule has 2 unspecified atom stereocenters. The lowest BCUT2D eigenvalue weighted by Gasteiger charge is -2.48. The molecular formula is C16H22BrNO. The van der Waals surface area contributed by atoms with E-state index in [0.717, 1.165) is 23.9 Å². The molecule has 19 heavy (non-hydrogen) atoms. The molecule has 2 fully saturated rings. The normalized spacial score (nSPS) is 26.9. The van der Waals surface area contributed by atoms with E-state index in [4.69, 9.17) is 10.5 Å². The molecule has 2 N–H and O–H groups in total. The Morgan fingerprint density at radius 1 is 1.42 bits per heavy atom. The summed E-state index contributed by atoms with van der Waals surface area (Å²) in [6.07, 6.45) is 7.08. The third kappa shape index (κ3) is 3.04. The molecule has 1 aliphatic heterocycles. The fraction of sp³-hybridized carbons (Fsp3) is 0.625. The van der Waals surface area contributed by atoms with Crippen LogP contribution < -0.4 is 5.73 Å². The van der Waals surface area contributed by atoms with E-state index in [-0.39, 0.29) is 11.6 Å². The first-order chi connectivity index (χ1) is 9.17. The van der Waals surface area contributed by atoms with Crippen molar-refractivity contribution in [2.24, 2.45) is 11.7 Å². The molecule has 104 valence electrons. The molecule has 2 nitrogen and oxygen atoms in total. The summed E-state index contributed by atoms with van der Waals surface area (Å²) in [5, 5.41) is 0. The van der Waals surface area contributed by atoms with Crippen LogP contribution in [0.2, 0.25) is 0 Å². The Balaban J connectivity index is 1.62. The van der Waals surface area contributed by atoms with Gasteiger partial charge in [0.05, 0.1) is 5.60 Å². The van der Waals surface area contributed by atoms with E-state index in [1.807, 2.05) is 0 Å². The van der Waals surface area contributed by atoms with Crippen LogP contribution in [0, 0.1) is 5.92 Å². The van der Waals surface area contributed by atoms with Crippen LogP contribution in [0.25, 0.3) is 0 Å². The molecule has 0 aromatic heterocycles. The van der Waals surface area contributed by atoms with Gasteiger partial charge in [0.2, 0.25) is 0 Å². The van der Waals surface area contributed by atoms with E-state index in [0.29, 0.717) is 5.92 Å². The van der Waals surface area contributed by atoms with Gasteiger partial charge in [0.15, 0.2) is 0 Å². The molecule has 2 aliphatic rings. The maximum Gasteiger partial charge on any atom is 0.0685 e. The summed E-state index contributed by atoms with van der Waals surface area (Å²) in [5.74, 6) is 0.619. The van der Waals surface area contributed by atoms with Gasteiger partial charge in [0.1, 0.15) is 0 Å². The minimum Gasteiger partial charge on any atom is -0.375 e. The summed E-state index contributed by atoms with van der Waals surface area (Å²) in [6, 6.07) is 8.76. The van der Waals surface area contributed by atoms with Crippen LogP contribution in [-0.4, -0.2) is 18.2 Å². The molecule has 0 amide bonds. The minimum absolute atomic E-state index is 0.206. The maximum absolute atomic E-state index is 6.46. The largest absolute Gasteiger partial charge is 0.375 e. The van der Waals surface area contributed by atoms with Crippen LogP contribution in [0.1, 0.15) is 37.7 Å². The molecule has 3 heteroatoms. The lowest BCUT2D eigenvalue weighted by Crippen LogP contribution is -2.49. The second kappa shape index (κ2) is 5.55. The summed E-state index contributed by atoms with van der Waals surface area (Å²) < 4.78 is 7.13. The van der Waals surface area contributed by atoms with E-state index in [1.54, 1.807) is 0 Å². The van der Waals surface area contributed by atoms with Crippen LogP contribution in [0.4, 0.5) is 0 Å². The number of benzene rings is 1. The number of ether oxygens (including phenoxy) is 1. The van der Waals surface area contributed by atoms with Crippen molar-refractivity contribution in [3.8, 4) is 0 Å². The van der Waals surface area contributed by atoms with Crippen molar-refractivity contribution < 1.29 is 4.74 Å². The number of hydrogen-bond acceptors (Lipinski definition) is 2. The summed E-state index contributed by atoms with van der Waals surface area (Å²) in [7, 11) is 0. The summed E-state index contributed by atoms with van der Waals surface area (Å²) in [4.78, 5) is 0. The Bertz CT molecular complexity index is 444. The third-order valence-electron chi connectivity index (χ3n) is 4.76. The molecular weight excluding hydrogens is 302 g/mol. The zero-order valence-corrected chi connectivity index (χ0v) is 12.9. The summed E-state index contributed by atoms with van der Waals surface area (Å²) in [6.45, 7) is 0.900. The second-order valence-corrected chi connectivity index (χ2v) is 7.05. The molecule has 1 aromatic rings. The van der Waals surface area contributed by atoms with Crippen LogP contribution in [0.3, 0.4) is 0 Å². The number of rotatable bonds is 3. The standard InChI is InChI=1S/C16H22BrNO/c17-14-4-1-3-12(9-14)10-15(18)13-5-8-19-16(11-13)6-2-7-16/h1,3-4,9,13,15H,2,5-8,10-11,18H2. The fourth-order valence-electron chi connectivity index (χ4n) is 3.45. The number of nitrogens with two attached hydrogens (primary N) is 1. The molecule has 1 spiro atoms. The first-order valence-corrected chi connectivity index (χ1v) is 8.10. The van der Waals surface area contributed by atoms with Crippen molar-refractivity contribution in [2.75, 3.05) is 6.61 Å². The Morgan fingerprint density at radius 3 is 2.95 bits per heavy atom. The smallest absolute Gasteiger partial charge is 0.0685 e. The highest BCUT2D eigenvalue weighted by atomic mass is 79.9. The molecule has 3 rings (SSSR count). The topological polar surface area (TPSA) is 35.2 Å². The SMILES string of the molecule is NC(Cc1cccc(Br)c1)C1CCOC2(CCC2)C1. The monoisotopic (exact) mass is 323 g/mol. The van der Waals surface area contributed by atoms with Gasteiger partial charge in [-0.15, -0.1) is 0 Å². The molecule has 1 aliphatic carbocycles.